The third-order valence-electron chi connectivity index (χ3n) is 4.56. The summed E-state index contributed by atoms with van der Waals surface area (Å²) in [6.45, 7) is 2.02. The number of rotatable bonds is 3. The van der Waals surface area contributed by atoms with Crippen molar-refractivity contribution in [2.24, 2.45) is 16.6 Å². The summed E-state index contributed by atoms with van der Waals surface area (Å²) < 4.78 is 0. The molecular formula is C18H18N4O. The Morgan fingerprint density at radius 3 is 2.70 bits per heavy atom. The van der Waals surface area contributed by atoms with Gasteiger partial charge in [-0.1, -0.05) is 18.2 Å². The van der Waals surface area contributed by atoms with Crippen LogP contribution in [0.3, 0.4) is 0 Å². The van der Waals surface area contributed by atoms with Crippen molar-refractivity contribution in [1.82, 2.24) is 10.3 Å². The Morgan fingerprint density at radius 2 is 2.04 bits per heavy atom. The molecule has 0 saturated heterocycles. The van der Waals surface area contributed by atoms with E-state index in [2.05, 4.69) is 21.4 Å². The van der Waals surface area contributed by atoms with Crippen LogP contribution in [0.1, 0.15) is 24.0 Å². The van der Waals surface area contributed by atoms with Crippen molar-refractivity contribution in [1.29, 1.82) is 0 Å². The van der Waals surface area contributed by atoms with E-state index in [9.17, 15) is 4.79 Å². The van der Waals surface area contributed by atoms with Gasteiger partial charge in [-0.2, -0.15) is 0 Å². The number of nitrogens with zero attached hydrogens (tertiary/aromatic N) is 2. The van der Waals surface area contributed by atoms with Crippen LogP contribution in [0.5, 0.6) is 0 Å². The molecule has 1 aromatic heterocycles. The van der Waals surface area contributed by atoms with Gasteiger partial charge in [-0.15, -0.1) is 0 Å². The van der Waals surface area contributed by atoms with Gasteiger partial charge >= 0.3 is 0 Å². The second-order valence-corrected chi connectivity index (χ2v) is 6.32. The fraction of sp³-hybridized carbons (Fsp3) is 0.278. The van der Waals surface area contributed by atoms with E-state index in [0.29, 0.717) is 0 Å². The third kappa shape index (κ3) is 2.20. The van der Waals surface area contributed by atoms with Crippen molar-refractivity contribution < 1.29 is 4.79 Å². The van der Waals surface area contributed by atoms with E-state index < -0.39 is 5.54 Å². The van der Waals surface area contributed by atoms with Gasteiger partial charge in [-0.3, -0.25) is 15.1 Å². The SMILES string of the molecule is Cc1cncc(-c2cccc(C3(C4CC4)N=C(N)NC3=O)c2)c1. The molecule has 1 aliphatic heterocycles. The van der Waals surface area contributed by atoms with E-state index in [1.54, 1.807) is 0 Å². The predicted octanol–water partition coefficient (Wildman–Crippen LogP) is 2.11. The van der Waals surface area contributed by atoms with E-state index in [-0.39, 0.29) is 17.8 Å². The van der Waals surface area contributed by atoms with Crippen LogP contribution in [0, 0.1) is 12.8 Å². The maximum atomic E-state index is 12.6. The summed E-state index contributed by atoms with van der Waals surface area (Å²) in [6, 6.07) is 10.1. The lowest BCUT2D eigenvalue weighted by Crippen LogP contribution is -2.40. The molecule has 1 aliphatic carbocycles. The molecule has 0 radical (unpaired) electrons. The van der Waals surface area contributed by atoms with E-state index in [0.717, 1.165) is 35.1 Å². The molecule has 1 aromatic carbocycles. The first-order valence-corrected chi connectivity index (χ1v) is 7.79. The second kappa shape index (κ2) is 4.91. The molecule has 3 N–H and O–H groups in total. The summed E-state index contributed by atoms with van der Waals surface area (Å²) in [6.07, 6.45) is 5.66. The molecule has 0 bridgehead atoms. The third-order valence-corrected chi connectivity index (χ3v) is 4.56. The van der Waals surface area contributed by atoms with Gasteiger partial charge in [0, 0.05) is 18.0 Å². The largest absolute Gasteiger partial charge is 0.370 e. The Bertz CT molecular complexity index is 825. The number of nitrogens with one attached hydrogen (secondary N) is 1. The molecule has 23 heavy (non-hydrogen) atoms. The molecule has 116 valence electrons. The van der Waals surface area contributed by atoms with Crippen molar-refractivity contribution in [3.63, 3.8) is 0 Å². The number of aryl methyl sites for hydroxylation is 1. The molecular weight excluding hydrogens is 288 g/mol. The van der Waals surface area contributed by atoms with Crippen molar-refractivity contribution >= 4 is 11.9 Å². The lowest BCUT2D eigenvalue weighted by Gasteiger charge is -2.24. The summed E-state index contributed by atoms with van der Waals surface area (Å²) in [4.78, 5) is 21.3. The zero-order valence-electron chi connectivity index (χ0n) is 12.9. The first-order chi connectivity index (χ1) is 11.1. The van der Waals surface area contributed by atoms with Gasteiger partial charge in [0.05, 0.1) is 0 Å². The highest BCUT2D eigenvalue weighted by Gasteiger charge is 2.55. The van der Waals surface area contributed by atoms with E-state index in [4.69, 9.17) is 5.73 Å². The van der Waals surface area contributed by atoms with Crippen LogP contribution in [0.2, 0.25) is 0 Å². The average molecular weight is 306 g/mol. The van der Waals surface area contributed by atoms with Crippen LogP contribution >= 0.6 is 0 Å². The molecule has 1 saturated carbocycles. The Kier molecular flexibility index (Phi) is 2.98. The highest BCUT2D eigenvalue weighted by Crippen LogP contribution is 2.50. The number of hydrogen-bond donors (Lipinski definition) is 2. The minimum Gasteiger partial charge on any atom is -0.370 e. The molecule has 2 aliphatic rings. The van der Waals surface area contributed by atoms with Crippen molar-refractivity contribution in [2.75, 3.05) is 0 Å². The van der Waals surface area contributed by atoms with E-state index in [1.807, 2.05) is 43.6 Å². The van der Waals surface area contributed by atoms with Crippen LogP contribution in [-0.2, 0) is 10.3 Å². The van der Waals surface area contributed by atoms with Gasteiger partial charge < -0.3 is 5.73 Å². The Balaban J connectivity index is 1.83. The number of aliphatic imine (C=N–C) groups is 1. The molecule has 5 heteroatoms. The van der Waals surface area contributed by atoms with E-state index in [1.165, 1.54) is 0 Å². The number of guanidine groups is 1. The average Bonchev–Trinajstić information content (AvgIpc) is 3.33. The number of nitrogens with two attached hydrogens (primary N) is 1. The number of aromatic nitrogens is 1. The summed E-state index contributed by atoms with van der Waals surface area (Å²) in [7, 11) is 0. The monoisotopic (exact) mass is 306 g/mol. The molecule has 1 unspecified atom stereocenters. The number of benzene rings is 1. The first-order valence-electron chi connectivity index (χ1n) is 7.79. The van der Waals surface area contributed by atoms with Crippen molar-refractivity contribution in [3.8, 4) is 11.1 Å². The molecule has 1 amide bonds. The minimum atomic E-state index is -0.864. The quantitative estimate of drug-likeness (QED) is 0.911. The highest BCUT2D eigenvalue weighted by atomic mass is 16.2. The number of carbonyl (C=O) groups is 1. The Hall–Kier alpha value is -2.69. The highest BCUT2D eigenvalue weighted by molar-refractivity contribution is 6.07. The van der Waals surface area contributed by atoms with Gasteiger partial charge in [0.15, 0.2) is 11.5 Å². The number of carbonyl (C=O) groups excluding carboxylic acids is 1. The number of hydrogen-bond acceptors (Lipinski definition) is 4. The molecule has 0 spiro atoms. The number of amides is 1. The summed E-state index contributed by atoms with van der Waals surface area (Å²) >= 11 is 0. The Morgan fingerprint density at radius 1 is 1.22 bits per heavy atom. The smallest absolute Gasteiger partial charge is 0.259 e. The van der Waals surface area contributed by atoms with Crippen molar-refractivity contribution in [3.05, 3.63) is 53.9 Å². The van der Waals surface area contributed by atoms with Crippen LogP contribution in [0.25, 0.3) is 11.1 Å². The van der Waals surface area contributed by atoms with Crippen molar-refractivity contribution in [2.45, 2.75) is 25.3 Å². The van der Waals surface area contributed by atoms with Crippen LogP contribution < -0.4 is 11.1 Å². The lowest BCUT2D eigenvalue weighted by atomic mass is 9.84. The van der Waals surface area contributed by atoms with Gasteiger partial charge in [-0.25, -0.2) is 4.99 Å². The first kappa shape index (κ1) is 13.9. The standard InChI is InChI=1S/C18H18N4O/c1-11-7-13(10-20-9-11)12-3-2-4-15(8-12)18(14-5-6-14)16(23)21-17(19)22-18/h2-4,7-10,14H,5-6H2,1H3,(H3,19,21,22,23). The molecule has 2 heterocycles. The predicted molar refractivity (Wildman–Crippen MR) is 88.6 cm³/mol. The van der Waals surface area contributed by atoms with Crippen LogP contribution in [-0.4, -0.2) is 16.9 Å². The van der Waals surface area contributed by atoms with Crippen LogP contribution in [0.15, 0.2) is 47.7 Å². The van der Waals surface area contributed by atoms with E-state index >= 15 is 0 Å². The minimum absolute atomic E-state index is 0.114. The molecule has 1 atom stereocenters. The summed E-state index contributed by atoms with van der Waals surface area (Å²) in [5, 5.41) is 2.67. The van der Waals surface area contributed by atoms with Gasteiger partial charge in [-0.05, 0) is 54.5 Å². The fourth-order valence-corrected chi connectivity index (χ4v) is 3.34. The van der Waals surface area contributed by atoms with Gasteiger partial charge in [0.25, 0.3) is 5.91 Å². The Labute approximate surface area is 134 Å². The zero-order chi connectivity index (χ0) is 16.0. The summed E-state index contributed by atoms with van der Waals surface area (Å²) in [5.74, 6) is 0.330. The number of pyridine rings is 1. The molecule has 4 rings (SSSR count). The maximum absolute atomic E-state index is 12.6. The molecule has 1 fully saturated rings. The van der Waals surface area contributed by atoms with Gasteiger partial charge in [0.2, 0.25) is 0 Å². The van der Waals surface area contributed by atoms with Crippen LogP contribution in [0.4, 0.5) is 0 Å². The normalized spacial score (nSPS) is 23.5. The molecule has 5 nitrogen and oxygen atoms in total. The maximum Gasteiger partial charge on any atom is 0.259 e. The lowest BCUT2D eigenvalue weighted by molar-refractivity contribution is -0.124. The molecule has 2 aromatic rings. The zero-order valence-corrected chi connectivity index (χ0v) is 12.9. The summed E-state index contributed by atoms with van der Waals surface area (Å²) in [5.41, 5.74) is 8.99. The topological polar surface area (TPSA) is 80.4 Å². The van der Waals surface area contributed by atoms with Gasteiger partial charge in [0.1, 0.15) is 0 Å². The fourth-order valence-electron chi connectivity index (χ4n) is 3.34. The second-order valence-electron chi connectivity index (χ2n) is 6.32.